The summed E-state index contributed by atoms with van der Waals surface area (Å²) < 4.78 is 5.44. The van der Waals surface area contributed by atoms with Gasteiger partial charge in [-0.25, -0.2) is 0 Å². The van der Waals surface area contributed by atoms with E-state index in [0.29, 0.717) is 12.3 Å². The number of ether oxygens (including phenoxy) is 1. The van der Waals surface area contributed by atoms with Crippen molar-refractivity contribution in [3.05, 3.63) is 11.8 Å². The summed E-state index contributed by atoms with van der Waals surface area (Å²) in [5.74, 6) is 1.62. The van der Waals surface area contributed by atoms with E-state index >= 15 is 0 Å². The number of rotatable bonds is 0. The van der Waals surface area contributed by atoms with Gasteiger partial charge in [-0.3, -0.25) is 4.79 Å². The summed E-state index contributed by atoms with van der Waals surface area (Å²) in [6, 6.07) is 0. The molecule has 0 N–H and O–H groups in total. The lowest BCUT2D eigenvalue weighted by atomic mass is 10.0. The van der Waals surface area contributed by atoms with Crippen molar-refractivity contribution in [1.82, 2.24) is 0 Å². The first-order chi connectivity index (χ1) is 5.36. The Bertz CT molecular complexity index is 206. The van der Waals surface area contributed by atoms with Gasteiger partial charge in [0.15, 0.2) is 5.78 Å². The van der Waals surface area contributed by atoms with E-state index < -0.39 is 0 Å². The van der Waals surface area contributed by atoms with E-state index in [2.05, 4.69) is 0 Å². The van der Waals surface area contributed by atoms with E-state index in [4.69, 9.17) is 4.74 Å². The smallest absolute Gasteiger partial charge is 0.159 e. The van der Waals surface area contributed by atoms with Crippen molar-refractivity contribution in [2.24, 2.45) is 5.92 Å². The Morgan fingerprint density at radius 3 is 3.27 bits per heavy atom. The van der Waals surface area contributed by atoms with Crippen LogP contribution >= 0.6 is 0 Å². The van der Waals surface area contributed by atoms with E-state index in [1.165, 1.54) is 6.42 Å². The molecule has 0 aromatic rings. The van der Waals surface area contributed by atoms with Gasteiger partial charge in [0.25, 0.3) is 0 Å². The van der Waals surface area contributed by atoms with Gasteiger partial charge in [-0.15, -0.1) is 0 Å². The molecule has 2 nitrogen and oxygen atoms in total. The first-order valence-electron chi connectivity index (χ1n) is 4.23. The van der Waals surface area contributed by atoms with Crippen LogP contribution < -0.4 is 0 Å². The first-order valence-corrected chi connectivity index (χ1v) is 4.23. The quantitative estimate of drug-likeness (QED) is 0.527. The van der Waals surface area contributed by atoms with Crippen LogP contribution in [0.3, 0.4) is 0 Å². The molecule has 0 radical (unpaired) electrons. The van der Waals surface area contributed by atoms with Crippen molar-refractivity contribution in [1.29, 1.82) is 0 Å². The molecular formula is C9H12O2. The van der Waals surface area contributed by atoms with E-state index in [0.717, 1.165) is 25.2 Å². The zero-order valence-corrected chi connectivity index (χ0v) is 6.51. The van der Waals surface area contributed by atoms with Gasteiger partial charge in [0.1, 0.15) is 5.76 Å². The summed E-state index contributed by atoms with van der Waals surface area (Å²) in [6.07, 6.45) is 5.85. The number of hydrogen-bond acceptors (Lipinski definition) is 2. The number of hydrogen-bond donors (Lipinski definition) is 0. The van der Waals surface area contributed by atoms with Gasteiger partial charge in [0.2, 0.25) is 0 Å². The van der Waals surface area contributed by atoms with E-state index in [1.807, 2.05) is 0 Å². The minimum Gasteiger partial charge on any atom is -0.498 e. The van der Waals surface area contributed by atoms with Crippen LogP contribution in [0.15, 0.2) is 11.8 Å². The van der Waals surface area contributed by atoms with Gasteiger partial charge in [-0.2, -0.15) is 0 Å². The maximum Gasteiger partial charge on any atom is 0.159 e. The zero-order chi connectivity index (χ0) is 7.68. The van der Waals surface area contributed by atoms with E-state index in [9.17, 15) is 4.79 Å². The van der Waals surface area contributed by atoms with Crippen LogP contribution in [0.4, 0.5) is 0 Å². The normalized spacial score (nSPS) is 30.4. The Labute approximate surface area is 66.2 Å². The minimum absolute atomic E-state index is 0.243. The fourth-order valence-electron chi connectivity index (χ4n) is 1.77. The Balaban J connectivity index is 2.14. The van der Waals surface area contributed by atoms with Gasteiger partial charge in [0.05, 0.1) is 6.61 Å². The van der Waals surface area contributed by atoms with Crippen molar-refractivity contribution >= 4 is 5.78 Å². The maximum absolute atomic E-state index is 11.0. The highest BCUT2D eigenvalue weighted by Gasteiger charge is 2.27. The summed E-state index contributed by atoms with van der Waals surface area (Å²) >= 11 is 0. The fraction of sp³-hybridized carbons (Fsp3) is 0.667. The van der Waals surface area contributed by atoms with Crippen LogP contribution in [-0.2, 0) is 9.53 Å². The summed E-state index contributed by atoms with van der Waals surface area (Å²) in [5, 5.41) is 0. The lowest BCUT2D eigenvalue weighted by molar-refractivity contribution is -0.114. The number of ketones is 1. The van der Waals surface area contributed by atoms with Crippen LogP contribution in [0.1, 0.15) is 25.7 Å². The van der Waals surface area contributed by atoms with Crippen LogP contribution in [0, 0.1) is 5.92 Å². The molecule has 1 aliphatic heterocycles. The van der Waals surface area contributed by atoms with Crippen LogP contribution in [0.5, 0.6) is 0 Å². The molecule has 1 heterocycles. The van der Waals surface area contributed by atoms with Gasteiger partial charge >= 0.3 is 0 Å². The molecule has 0 spiro atoms. The van der Waals surface area contributed by atoms with Crippen molar-refractivity contribution in [2.45, 2.75) is 25.7 Å². The van der Waals surface area contributed by atoms with Gasteiger partial charge < -0.3 is 4.74 Å². The average Bonchev–Trinajstić information content (AvgIpc) is 2.17. The summed E-state index contributed by atoms with van der Waals surface area (Å²) in [5.41, 5.74) is 0. The van der Waals surface area contributed by atoms with Gasteiger partial charge in [-0.1, -0.05) is 0 Å². The highest BCUT2D eigenvalue weighted by molar-refractivity contribution is 5.93. The number of fused-ring (bicyclic) bond motifs is 1. The number of carbonyl (C=O) groups is 1. The second kappa shape index (κ2) is 2.68. The third kappa shape index (κ3) is 1.30. The SMILES string of the molecule is O=C1C=C2OCCCCC2C1. The van der Waals surface area contributed by atoms with Gasteiger partial charge in [-0.05, 0) is 19.3 Å². The Morgan fingerprint density at radius 2 is 2.36 bits per heavy atom. The third-order valence-corrected chi connectivity index (χ3v) is 2.37. The van der Waals surface area contributed by atoms with E-state index in [1.54, 1.807) is 6.08 Å². The molecule has 0 saturated carbocycles. The lowest BCUT2D eigenvalue weighted by Gasteiger charge is -2.08. The lowest BCUT2D eigenvalue weighted by Crippen LogP contribution is -1.99. The highest BCUT2D eigenvalue weighted by Crippen LogP contribution is 2.31. The Kier molecular flexibility index (Phi) is 1.68. The van der Waals surface area contributed by atoms with Crippen LogP contribution in [0.2, 0.25) is 0 Å². The van der Waals surface area contributed by atoms with Crippen LogP contribution in [-0.4, -0.2) is 12.4 Å². The molecule has 1 aliphatic carbocycles. The molecule has 0 amide bonds. The molecule has 1 saturated heterocycles. The molecule has 60 valence electrons. The molecular weight excluding hydrogens is 140 g/mol. The first kappa shape index (κ1) is 6.89. The predicted molar refractivity (Wildman–Crippen MR) is 41.0 cm³/mol. The number of carbonyl (C=O) groups excluding carboxylic acids is 1. The summed E-state index contributed by atoms with van der Waals surface area (Å²) in [4.78, 5) is 11.0. The monoisotopic (exact) mass is 152 g/mol. The van der Waals surface area contributed by atoms with Gasteiger partial charge in [0, 0.05) is 18.4 Å². The molecule has 2 aliphatic rings. The van der Waals surface area contributed by atoms with Crippen molar-refractivity contribution in [3.8, 4) is 0 Å². The second-order valence-corrected chi connectivity index (χ2v) is 3.26. The van der Waals surface area contributed by atoms with E-state index in [-0.39, 0.29) is 5.78 Å². The molecule has 1 atom stereocenters. The predicted octanol–water partition coefficient (Wildman–Crippen LogP) is 1.66. The van der Waals surface area contributed by atoms with Crippen molar-refractivity contribution in [3.63, 3.8) is 0 Å². The molecule has 1 unspecified atom stereocenters. The largest absolute Gasteiger partial charge is 0.498 e. The Morgan fingerprint density at radius 1 is 1.45 bits per heavy atom. The average molecular weight is 152 g/mol. The molecule has 0 aromatic carbocycles. The molecule has 2 heteroatoms. The van der Waals surface area contributed by atoms with Crippen LogP contribution in [0.25, 0.3) is 0 Å². The highest BCUT2D eigenvalue weighted by atomic mass is 16.5. The fourth-order valence-corrected chi connectivity index (χ4v) is 1.77. The van der Waals surface area contributed by atoms with Crippen molar-refractivity contribution < 1.29 is 9.53 Å². The molecule has 11 heavy (non-hydrogen) atoms. The maximum atomic E-state index is 11.0. The molecule has 1 fully saturated rings. The Hall–Kier alpha value is -0.790. The summed E-state index contributed by atoms with van der Waals surface area (Å²) in [7, 11) is 0. The number of allylic oxidation sites excluding steroid dienone is 2. The molecule has 0 bridgehead atoms. The minimum atomic E-state index is 0.243. The zero-order valence-electron chi connectivity index (χ0n) is 6.51. The summed E-state index contributed by atoms with van der Waals surface area (Å²) in [6.45, 7) is 0.801. The standard InChI is InChI=1S/C9H12O2/c10-8-5-7-3-1-2-4-11-9(7)6-8/h6-7H,1-5H2. The van der Waals surface area contributed by atoms with Crippen molar-refractivity contribution in [2.75, 3.05) is 6.61 Å². The molecule has 0 aromatic heterocycles. The second-order valence-electron chi connectivity index (χ2n) is 3.26. The molecule has 2 rings (SSSR count). The topological polar surface area (TPSA) is 26.3 Å². The third-order valence-electron chi connectivity index (χ3n) is 2.37.